The number of hydrogen-bond acceptors (Lipinski definition) is 4. The zero-order valence-electron chi connectivity index (χ0n) is 9.14. The number of nitrogens with one attached hydrogen (secondary N) is 3. The minimum atomic E-state index is -3.60. The quantitative estimate of drug-likeness (QED) is 0.764. The van der Waals surface area contributed by atoms with Gasteiger partial charge in [-0.2, -0.15) is 5.10 Å². The van der Waals surface area contributed by atoms with Gasteiger partial charge in [0.15, 0.2) is 0 Å². The van der Waals surface area contributed by atoms with Gasteiger partial charge in [0, 0.05) is 13.2 Å². The van der Waals surface area contributed by atoms with E-state index >= 15 is 0 Å². The maximum atomic E-state index is 12.1. The third-order valence-electron chi connectivity index (χ3n) is 2.20. The van der Waals surface area contributed by atoms with Crippen LogP contribution < -0.4 is 10.0 Å². The molecule has 0 radical (unpaired) electrons. The van der Waals surface area contributed by atoms with Gasteiger partial charge in [-0.1, -0.05) is 12.1 Å². The number of hydrogen-bond donors (Lipinski definition) is 3. The number of benzene rings is 1. The molecule has 1 aromatic heterocycles. The van der Waals surface area contributed by atoms with Crippen LogP contribution in [-0.2, 0) is 10.0 Å². The summed E-state index contributed by atoms with van der Waals surface area (Å²) in [5.74, 6) is 0. The highest BCUT2D eigenvalue weighted by molar-refractivity contribution is 7.92. The second-order valence-corrected chi connectivity index (χ2v) is 4.99. The highest BCUT2D eigenvalue weighted by Crippen LogP contribution is 2.22. The molecule has 3 N–H and O–H groups in total. The molecule has 0 bridgehead atoms. The standard InChI is InChI=1S/C10H12N4O2S/c1-11-9-4-2-3-5-10(9)17(15,16)14-8-6-12-13-7-8/h2-7,11,14H,1H3,(H,12,13). The maximum Gasteiger partial charge on any atom is 0.264 e. The lowest BCUT2D eigenvalue weighted by molar-refractivity contribution is 0.601. The molecule has 0 fully saturated rings. The van der Waals surface area contributed by atoms with Crippen LogP contribution in [0.25, 0.3) is 0 Å². The van der Waals surface area contributed by atoms with Crippen LogP contribution >= 0.6 is 0 Å². The molecule has 0 aliphatic carbocycles. The average molecular weight is 252 g/mol. The minimum Gasteiger partial charge on any atom is -0.387 e. The molecule has 1 heterocycles. The summed E-state index contributed by atoms with van der Waals surface area (Å²) < 4.78 is 26.6. The zero-order chi connectivity index (χ0) is 12.3. The normalized spacial score (nSPS) is 11.1. The Kier molecular flexibility index (Phi) is 3.01. The fourth-order valence-electron chi connectivity index (χ4n) is 1.42. The fourth-order valence-corrected chi connectivity index (χ4v) is 2.67. The number of H-pyrrole nitrogens is 1. The van der Waals surface area contributed by atoms with Gasteiger partial charge in [-0.3, -0.25) is 9.82 Å². The number of anilines is 2. The van der Waals surface area contributed by atoms with Crippen LogP contribution in [0.4, 0.5) is 11.4 Å². The number of aromatic nitrogens is 2. The number of aromatic amines is 1. The Morgan fingerprint density at radius 1 is 1.29 bits per heavy atom. The molecule has 17 heavy (non-hydrogen) atoms. The van der Waals surface area contributed by atoms with Gasteiger partial charge in [0.1, 0.15) is 4.90 Å². The van der Waals surface area contributed by atoms with Gasteiger partial charge in [0.25, 0.3) is 10.0 Å². The monoisotopic (exact) mass is 252 g/mol. The van der Waals surface area contributed by atoms with Gasteiger partial charge < -0.3 is 5.32 Å². The molecule has 0 unspecified atom stereocenters. The predicted octanol–water partition coefficient (Wildman–Crippen LogP) is 1.25. The molecule has 0 aliphatic heterocycles. The lowest BCUT2D eigenvalue weighted by atomic mass is 10.3. The molecular formula is C10H12N4O2S. The maximum absolute atomic E-state index is 12.1. The Balaban J connectivity index is 2.38. The van der Waals surface area contributed by atoms with Crippen LogP contribution in [0.15, 0.2) is 41.6 Å². The minimum absolute atomic E-state index is 0.198. The molecule has 0 spiro atoms. The Morgan fingerprint density at radius 3 is 2.71 bits per heavy atom. The van der Waals surface area contributed by atoms with Crippen molar-refractivity contribution in [2.75, 3.05) is 17.1 Å². The van der Waals surface area contributed by atoms with E-state index in [4.69, 9.17) is 0 Å². The first-order chi connectivity index (χ1) is 8.13. The van der Waals surface area contributed by atoms with Gasteiger partial charge in [-0.05, 0) is 12.1 Å². The van der Waals surface area contributed by atoms with E-state index < -0.39 is 10.0 Å². The molecule has 0 aliphatic rings. The summed E-state index contributed by atoms with van der Waals surface area (Å²) in [6, 6.07) is 6.67. The molecule has 0 saturated heterocycles. The SMILES string of the molecule is CNc1ccccc1S(=O)(=O)Nc1cn[nH]c1. The topological polar surface area (TPSA) is 86.9 Å². The van der Waals surface area contributed by atoms with E-state index in [1.165, 1.54) is 18.5 Å². The van der Waals surface area contributed by atoms with Crippen LogP contribution in [0.1, 0.15) is 0 Å². The Hall–Kier alpha value is -2.02. The second-order valence-electron chi connectivity index (χ2n) is 3.34. The van der Waals surface area contributed by atoms with Crippen LogP contribution in [-0.4, -0.2) is 25.7 Å². The van der Waals surface area contributed by atoms with E-state index in [0.717, 1.165) is 0 Å². The highest BCUT2D eigenvalue weighted by atomic mass is 32.2. The molecule has 2 rings (SSSR count). The van der Waals surface area contributed by atoms with Crippen LogP contribution in [0.2, 0.25) is 0 Å². The Bertz CT molecular complexity index is 593. The van der Waals surface area contributed by atoms with Crippen molar-refractivity contribution in [3.05, 3.63) is 36.7 Å². The molecule has 90 valence electrons. The lowest BCUT2D eigenvalue weighted by Crippen LogP contribution is -2.14. The van der Waals surface area contributed by atoms with Gasteiger partial charge >= 0.3 is 0 Å². The molecule has 7 heteroatoms. The van der Waals surface area contributed by atoms with Gasteiger partial charge in [0.2, 0.25) is 0 Å². The fraction of sp³-hybridized carbons (Fsp3) is 0.100. The first-order valence-electron chi connectivity index (χ1n) is 4.92. The summed E-state index contributed by atoms with van der Waals surface area (Å²) in [6.45, 7) is 0. The third kappa shape index (κ3) is 2.39. The van der Waals surface area contributed by atoms with E-state index in [1.807, 2.05) is 0 Å². The predicted molar refractivity (Wildman–Crippen MR) is 65.4 cm³/mol. The van der Waals surface area contributed by atoms with Crippen LogP contribution in [0.5, 0.6) is 0 Å². The van der Waals surface area contributed by atoms with Crippen molar-refractivity contribution >= 4 is 21.4 Å². The average Bonchev–Trinajstić information content (AvgIpc) is 2.81. The second kappa shape index (κ2) is 4.46. The summed E-state index contributed by atoms with van der Waals surface area (Å²) in [4.78, 5) is 0.198. The molecule has 1 aromatic carbocycles. The van der Waals surface area contributed by atoms with E-state index in [1.54, 1.807) is 25.2 Å². The molecule has 6 nitrogen and oxygen atoms in total. The van der Waals surface area contributed by atoms with E-state index in [-0.39, 0.29) is 4.90 Å². The Morgan fingerprint density at radius 2 is 2.06 bits per heavy atom. The first kappa shape index (κ1) is 11.5. The zero-order valence-corrected chi connectivity index (χ0v) is 9.95. The van der Waals surface area contributed by atoms with Gasteiger partial charge in [0.05, 0.1) is 17.6 Å². The van der Waals surface area contributed by atoms with Crippen LogP contribution in [0, 0.1) is 0 Å². The van der Waals surface area contributed by atoms with Gasteiger partial charge in [-0.15, -0.1) is 0 Å². The van der Waals surface area contributed by atoms with Crippen molar-refractivity contribution in [3.63, 3.8) is 0 Å². The van der Waals surface area contributed by atoms with E-state index in [2.05, 4.69) is 20.2 Å². The highest BCUT2D eigenvalue weighted by Gasteiger charge is 2.17. The number of sulfonamides is 1. The summed E-state index contributed by atoms with van der Waals surface area (Å²) in [5, 5.41) is 9.05. The summed E-state index contributed by atoms with van der Waals surface area (Å²) in [5.41, 5.74) is 0.944. The van der Waals surface area contributed by atoms with E-state index in [0.29, 0.717) is 11.4 Å². The number of para-hydroxylation sites is 1. The van der Waals surface area contributed by atoms with Crippen molar-refractivity contribution in [1.82, 2.24) is 10.2 Å². The molecule has 0 saturated carbocycles. The molecule has 0 amide bonds. The molecule has 2 aromatic rings. The van der Waals surface area contributed by atoms with Gasteiger partial charge in [-0.25, -0.2) is 8.42 Å². The number of nitrogens with zero attached hydrogens (tertiary/aromatic N) is 1. The number of rotatable bonds is 4. The lowest BCUT2D eigenvalue weighted by Gasteiger charge is -2.10. The van der Waals surface area contributed by atoms with Crippen molar-refractivity contribution in [2.24, 2.45) is 0 Å². The third-order valence-corrected chi connectivity index (χ3v) is 3.64. The summed E-state index contributed by atoms with van der Waals surface area (Å²) >= 11 is 0. The molecular weight excluding hydrogens is 240 g/mol. The van der Waals surface area contributed by atoms with Crippen molar-refractivity contribution < 1.29 is 8.42 Å². The van der Waals surface area contributed by atoms with Crippen molar-refractivity contribution in [3.8, 4) is 0 Å². The first-order valence-corrected chi connectivity index (χ1v) is 6.40. The largest absolute Gasteiger partial charge is 0.387 e. The van der Waals surface area contributed by atoms with Crippen molar-refractivity contribution in [2.45, 2.75) is 4.90 Å². The molecule has 0 atom stereocenters. The van der Waals surface area contributed by atoms with E-state index in [9.17, 15) is 8.42 Å². The smallest absolute Gasteiger partial charge is 0.264 e. The summed E-state index contributed by atoms with van der Waals surface area (Å²) in [7, 11) is -1.93. The Labute approximate surface area is 99.1 Å². The van der Waals surface area contributed by atoms with Crippen LogP contribution in [0.3, 0.4) is 0 Å². The summed E-state index contributed by atoms with van der Waals surface area (Å²) in [6.07, 6.45) is 2.87. The van der Waals surface area contributed by atoms with Crippen molar-refractivity contribution in [1.29, 1.82) is 0 Å².